The van der Waals surface area contributed by atoms with Gasteiger partial charge in [0.25, 0.3) is 0 Å². The fraction of sp³-hybridized carbons (Fsp3) is 0.0909. The minimum Gasteiger partial charge on any atom is -0.364 e. The number of aliphatic imine (C=N–C) groups is 1. The number of rotatable bonds is 4. The van der Waals surface area contributed by atoms with E-state index < -0.39 is 0 Å². The predicted octanol–water partition coefficient (Wildman–Crippen LogP) is 6.52. The van der Waals surface area contributed by atoms with Gasteiger partial charge in [-0.1, -0.05) is 53.0 Å². The maximum Gasteiger partial charge on any atom is 0.155 e. The highest BCUT2D eigenvalue weighted by atomic mass is 35.5. The van der Waals surface area contributed by atoms with Crippen LogP contribution in [0.25, 0.3) is 22.2 Å². The number of anilines is 1. The number of hydrogen-bond donors (Lipinski definition) is 1. The van der Waals surface area contributed by atoms with E-state index >= 15 is 0 Å². The van der Waals surface area contributed by atoms with Gasteiger partial charge in [-0.15, -0.1) is 0 Å². The quantitative estimate of drug-likeness (QED) is 0.381. The van der Waals surface area contributed by atoms with Gasteiger partial charge in [-0.3, -0.25) is 4.99 Å². The molecule has 0 spiro atoms. The zero-order valence-electron chi connectivity index (χ0n) is 15.5. The summed E-state index contributed by atoms with van der Waals surface area (Å²) < 4.78 is 0. The van der Waals surface area contributed by atoms with E-state index in [1.54, 1.807) is 12.4 Å². The van der Waals surface area contributed by atoms with Gasteiger partial charge < -0.3 is 5.32 Å². The predicted molar refractivity (Wildman–Crippen MR) is 123 cm³/mol. The SMILES string of the molecule is Clc1cc2cc(CNc3ncnc4c3N=CC4)c(-c3ccccc3Cl)nc2cc1Cl. The first-order valence-corrected chi connectivity index (χ1v) is 10.4. The number of fused-ring (bicyclic) bond motifs is 2. The van der Waals surface area contributed by atoms with E-state index in [1.807, 2.05) is 42.6 Å². The molecular weight excluding hydrogens is 441 g/mol. The lowest BCUT2D eigenvalue weighted by Crippen LogP contribution is -2.05. The lowest BCUT2D eigenvalue weighted by molar-refractivity contribution is 1.05. The summed E-state index contributed by atoms with van der Waals surface area (Å²) in [6.07, 6.45) is 4.10. The van der Waals surface area contributed by atoms with Crippen molar-refractivity contribution in [3.8, 4) is 11.3 Å². The Bertz CT molecular complexity index is 1320. The summed E-state index contributed by atoms with van der Waals surface area (Å²) in [5.74, 6) is 0.688. The van der Waals surface area contributed by atoms with Gasteiger partial charge in [-0.25, -0.2) is 15.0 Å². The molecule has 4 aromatic rings. The van der Waals surface area contributed by atoms with Crippen LogP contribution in [-0.4, -0.2) is 21.2 Å². The van der Waals surface area contributed by atoms with Gasteiger partial charge in [0.15, 0.2) is 5.82 Å². The van der Waals surface area contributed by atoms with E-state index in [1.165, 1.54) is 0 Å². The molecule has 3 heterocycles. The zero-order valence-corrected chi connectivity index (χ0v) is 17.8. The van der Waals surface area contributed by atoms with Crippen LogP contribution in [0.4, 0.5) is 11.5 Å². The van der Waals surface area contributed by atoms with E-state index in [2.05, 4.69) is 20.3 Å². The van der Waals surface area contributed by atoms with E-state index in [4.69, 9.17) is 39.8 Å². The number of nitrogens with zero attached hydrogens (tertiary/aromatic N) is 4. The zero-order chi connectivity index (χ0) is 20.7. The van der Waals surface area contributed by atoms with Gasteiger partial charge in [0.05, 0.1) is 26.9 Å². The molecule has 1 aliphatic rings. The summed E-state index contributed by atoms with van der Waals surface area (Å²) in [4.78, 5) is 17.9. The molecule has 2 aromatic heterocycles. The molecule has 148 valence electrons. The van der Waals surface area contributed by atoms with Crippen LogP contribution in [0.15, 0.2) is 53.8 Å². The molecule has 1 aliphatic heterocycles. The van der Waals surface area contributed by atoms with Crippen molar-refractivity contribution in [2.45, 2.75) is 13.0 Å². The highest BCUT2D eigenvalue weighted by molar-refractivity contribution is 6.42. The van der Waals surface area contributed by atoms with Gasteiger partial charge >= 0.3 is 0 Å². The molecule has 0 bridgehead atoms. The lowest BCUT2D eigenvalue weighted by Gasteiger charge is -2.14. The fourth-order valence-electron chi connectivity index (χ4n) is 3.47. The lowest BCUT2D eigenvalue weighted by atomic mass is 10.0. The Morgan fingerprint density at radius 3 is 2.63 bits per heavy atom. The Morgan fingerprint density at radius 2 is 1.77 bits per heavy atom. The molecule has 0 amide bonds. The standard InChI is InChI=1S/C22H14Cl3N5/c23-15-4-2-1-3-14(15)20-13(7-12-8-16(24)17(25)9-19(12)30-20)10-27-22-21-18(5-6-26-21)28-11-29-22/h1-4,6-9,11H,5,10H2,(H,27,28,29). The highest BCUT2D eigenvalue weighted by Gasteiger charge is 2.17. The molecule has 0 fully saturated rings. The molecule has 1 N–H and O–H groups in total. The minimum absolute atomic E-state index is 0.460. The molecule has 0 saturated heterocycles. The second-order valence-electron chi connectivity index (χ2n) is 6.82. The van der Waals surface area contributed by atoms with E-state index in [0.29, 0.717) is 33.9 Å². The maximum absolute atomic E-state index is 6.48. The van der Waals surface area contributed by atoms with Crippen molar-refractivity contribution in [1.82, 2.24) is 15.0 Å². The molecule has 0 atom stereocenters. The van der Waals surface area contributed by atoms with Crippen molar-refractivity contribution in [3.05, 3.63) is 75.1 Å². The van der Waals surface area contributed by atoms with Crippen LogP contribution in [0.5, 0.6) is 0 Å². The topological polar surface area (TPSA) is 63.1 Å². The summed E-state index contributed by atoms with van der Waals surface area (Å²) in [7, 11) is 0. The van der Waals surface area contributed by atoms with Crippen LogP contribution in [0.2, 0.25) is 15.1 Å². The summed E-state index contributed by atoms with van der Waals surface area (Å²) in [6.45, 7) is 0.475. The van der Waals surface area contributed by atoms with Gasteiger partial charge in [0.1, 0.15) is 12.0 Å². The molecular formula is C22H14Cl3N5. The normalized spacial score (nSPS) is 12.4. The summed E-state index contributed by atoms with van der Waals surface area (Å²) in [5, 5.41) is 5.83. The number of hydrogen-bond acceptors (Lipinski definition) is 5. The van der Waals surface area contributed by atoms with Crippen molar-refractivity contribution < 1.29 is 0 Å². The van der Waals surface area contributed by atoms with E-state index in [9.17, 15) is 0 Å². The average molecular weight is 455 g/mol. The van der Waals surface area contributed by atoms with Crippen molar-refractivity contribution in [1.29, 1.82) is 0 Å². The van der Waals surface area contributed by atoms with E-state index in [0.717, 1.165) is 39.1 Å². The number of nitrogens with one attached hydrogen (secondary N) is 1. The molecule has 0 aliphatic carbocycles. The van der Waals surface area contributed by atoms with Crippen molar-refractivity contribution >= 4 is 63.4 Å². The first-order valence-electron chi connectivity index (χ1n) is 9.24. The summed E-state index contributed by atoms with van der Waals surface area (Å²) in [5.41, 5.74) is 5.00. The van der Waals surface area contributed by atoms with Crippen LogP contribution in [0.3, 0.4) is 0 Å². The molecule has 0 unspecified atom stereocenters. The molecule has 0 saturated carbocycles. The molecule has 30 heavy (non-hydrogen) atoms. The second kappa shape index (κ2) is 7.84. The Hall–Kier alpha value is -2.73. The second-order valence-corrected chi connectivity index (χ2v) is 8.04. The van der Waals surface area contributed by atoms with Gasteiger partial charge in [0, 0.05) is 35.2 Å². The Morgan fingerprint density at radius 1 is 0.933 bits per heavy atom. The number of benzene rings is 2. The third kappa shape index (κ3) is 3.49. The summed E-state index contributed by atoms with van der Waals surface area (Å²) in [6, 6.07) is 13.3. The highest BCUT2D eigenvalue weighted by Crippen LogP contribution is 2.35. The van der Waals surface area contributed by atoms with Gasteiger partial charge in [0.2, 0.25) is 0 Å². The third-order valence-electron chi connectivity index (χ3n) is 4.91. The number of halogens is 3. The maximum atomic E-state index is 6.48. The Kier molecular flexibility index (Phi) is 5.03. The van der Waals surface area contributed by atoms with E-state index in [-0.39, 0.29) is 0 Å². The summed E-state index contributed by atoms with van der Waals surface area (Å²) >= 11 is 18.9. The molecule has 0 radical (unpaired) electrons. The number of aromatic nitrogens is 3. The van der Waals surface area contributed by atoms with Crippen LogP contribution < -0.4 is 5.32 Å². The van der Waals surface area contributed by atoms with Gasteiger partial charge in [-0.05, 0) is 29.8 Å². The minimum atomic E-state index is 0.460. The van der Waals surface area contributed by atoms with Crippen molar-refractivity contribution in [2.24, 2.45) is 4.99 Å². The molecule has 5 rings (SSSR count). The largest absolute Gasteiger partial charge is 0.364 e. The van der Waals surface area contributed by atoms with Crippen molar-refractivity contribution in [3.63, 3.8) is 0 Å². The molecule has 2 aromatic carbocycles. The smallest absolute Gasteiger partial charge is 0.155 e. The molecule has 5 nitrogen and oxygen atoms in total. The first-order chi connectivity index (χ1) is 14.6. The van der Waals surface area contributed by atoms with Crippen LogP contribution in [0, 0.1) is 0 Å². The first kappa shape index (κ1) is 19.2. The van der Waals surface area contributed by atoms with Crippen LogP contribution in [0.1, 0.15) is 11.3 Å². The fourth-order valence-corrected chi connectivity index (χ4v) is 4.02. The molecule has 8 heteroatoms. The Labute approximate surface area is 187 Å². The average Bonchev–Trinajstić information content (AvgIpc) is 3.23. The monoisotopic (exact) mass is 453 g/mol. The van der Waals surface area contributed by atoms with Gasteiger partial charge in [-0.2, -0.15) is 0 Å². The number of pyridine rings is 1. The van der Waals surface area contributed by atoms with Crippen LogP contribution in [-0.2, 0) is 13.0 Å². The van der Waals surface area contributed by atoms with Crippen LogP contribution >= 0.6 is 34.8 Å². The third-order valence-corrected chi connectivity index (χ3v) is 5.97. The Balaban J connectivity index is 1.61. The van der Waals surface area contributed by atoms with Crippen molar-refractivity contribution in [2.75, 3.05) is 5.32 Å².